The van der Waals surface area contributed by atoms with E-state index in [9.17, 15) is 9.59 Å². The van der Waals surface area contributed by atoms with Crippen LogP contribution in [-0.4, -0.2) is 53.7 Å². The standard InChI is InChI=1S/C12H20N4O3S/c1-4-16(3)6-5-13-12(19)14-7-9-15-8(2)10(20-9)11(17)18/h4-7H2,1-3H3,(H,17,18)(H2,13,14,19). The summed E-state index contributed by atoms with van der Waals surface area (Å²) in [6.07, 6.45) is 0. The van der Waals surface area contributed by atoms with Crippen molar-refractivity contribution in [2.24, 2.45) is 0 Å². The van der Waals surface area contributed by atoms with Crippen LogP contribution in [0.3, 0.4) is 0 Å². The highest BCUT2D eigenvalue weighted by Crippen LogP contribution is 2.17. The highest BCUT2D eigenvalue weighted by molar-refractivity contribution is 7.13. The van der Waals surface area contributed by atoms with E-state index >= 15 is 0 Å². The molecule has 1 aromatic rings. The number of rotatable bonds is 7. The van der Waals surface area contributed by atoms with Gasteiger partial charge in [-0.1, -0.05) is 6.92 Å². The van der Waals surface area contributed by atoms with E-state index in [1.54, 1.807) is 6.92 Å². The number of hydrogen-bond acceptors (Lipinski definition) is 5. The van der Waals surface area contributed by atoms with Crippen molar-refractivity contribution in [3.8, 4) is 0 Å². The highest BCUT2D eigenvalue weighted by atomic mass is 32.1. The van der Waals surface area contributed by atoms with Crippen LogP contribution >= 0.6 is 11.3 Å². The number of amides is 2. The molecule has 20 heavy (non-hydrogen) atoms. The minimum Gasteiger partial charge on any atom is -0.477 e. The molecule has 1 heterocycles. The van der Waals surface area contributed by atoms with E-state index in [0.29, 0.717) is 17.2 Å². The molecule has 0 aliphatic carbocycles. The monoisotopic (exact) mass is 300 g/mol. The number of likely N-dealkylation sites (N-methyl/N-ethyl adjacent to an activating group) is 1. The zero-order chi connectivity index (χ0) is 15.1. The van der Waals surface area contributed by atoms with Crippen LogP contribution in [0.25, 0.3) is 0 Å². The smallest absolute Gasteiger partial charge is 0.347 e. The average Bonchev–Trinajstić information content (AvgIpc) is 2.77. The molecule has 112 valence electrons. The van der Waals surface area contributed by atoms with Crippen LogP contribution in [-0.2, 0) is 6.54 Å². The Morgan fingerprint density at radius 3 is 2.65 bits per heavy atom. The lowest BCUT2D eigenvalue weighted by atomic mass is 10.4. The number of aryl methyl sites for hydroxylation is 1. The Morgan fingerprint density at radius 1 is 1.40 bits per heavy atom. The quantitative estimate of drug-likeness (QED) is 0.695. The Balaban J connectivity index is 2.34. The Hall–Kier alpha value is -1.67. The molecule has 0 saturated carbocycles. The lowest BCUT2D eigenvalue weighted by molar-refractivity contribution is 0.0701. The second kappa shape index (κ2) is 7.81. The topological polar surface area (TPSA) is 94.6 Å². The molecule has 0 radical (unpaired) electrons. The fourth-order valence-corrected chi connectivity index (χ4v) is 2.31. The number of hydrogen-bond donors (Lipinski definition) is 3. The predicted octanol–water partition coefficient (Wildman–Crippen LogP) is 0.901. The first-order valence-corrected chi connectivity index (χ1v) is 7.15. The summed E-state index contributed by atoms with van der Waals surface area (Å²) in [6, 6.07) is -0.278. The number of aromatic carboxylic acids is 1. The van der Waals surface area contributed by atoms with Crippen LogP contribution in [0, 0.1) is 6.92 Å². The highest BCUT2D eigenvalue weighted by Gasteiger charge is 2.14. The summed E-state index contributed by atoms with van der Waals surface area (Å²) in [5.74, 6) is -0.988. The lowest BCUT2D eigenvalue weighted by Gasteiger charge is -2.14. The summed E-state index contributed by atoms with van der Waals surface area (Å²) in [5, 5.41) is 14.9. The summed E-state index contributed by atoms with van der Waals surface area (Å²) in [5.41, 5.74) is 0.476. The number of nitrogens with zero attached hydrogens (tertiary/aromatic N) is 2. The SMILES string of the molecule is CCN(C)CCNC(=O)NCc1nc(C)c(C(=O)O)s1. The average molecular weight is 300 g/mol. The predicted molar refractivity (Wildman–Crippen MR) is 77.2 cm³/mol. The fourth-order valence-electron chi connectivity index (χ4n) is 1.46. The van der Waals surface area contributed by atoms with E-state index in [1.807, 2.05) is 14.0 Å². The minimum absolute atomic E-state index is 0.215. The van der Waals surface area contributed by atoms with Crippen LogP contribution in [0.1, 0.15) is 27.3 Å². The van der Waals surface area contributed by atoms with E-state index in [4.69, 9.17) is 5.11 Å². The maximum atomic E-state index is 11.5. The molecule has 0 bridgehead atoms. The van der Waals surface area contributed by atoms with Crippen molar-refractivity contribution >= 4 is 23.3 Å². The molecule has 3 N–H and O–H groups in total. The summed E-state index contributed by atoms with van der Waals surface area (Å²) < 4.78 is 0. The zero-order valence-electron chi connectivity index (χ0n) is 11.9. The summed E-state index contributed by atoms with van der Waals surface area (Å²) in [7, 11) is 1.98. The van der Waals surface area contributed by atoms with Gasteiger partial charge in [0.05, 0.1) is 12.2 Å². The Bertz CT molecular complexity index is 475. The maximum absolute atomic E-state index is 11.5. The van der Waals surface area contributed by atoms with Crippen LogP contribution in [0.5, 0.6) is 0 Å². The molecule has 1 aromatic heterocycles. The number of carboxylic acid groups (broad SMARTS) is 1. The van der Waals surface area contributed by atoms with Gasteiger partial charge in [-0.15, -0.1) is 11.3 Å². The number of urea groups is 1. The molecule has 0 aliphatic heterocycles. The van der Waals surface area contributed by atoms with Gasteiger partial charge in [0, 0.05) is 13.1 Å². The first kappa shape index (κ1) is 16.4. The first-order valence-electron chi connectivity index (χ1n) is 6.33. The normalized spacial score (nSPS) is 10.6. The van der Waals surface area contributed by atoms with E-state index < -0.39 is 5.97 Å². The van der Waals surface area contributed by atoms with Gasteiger partial charge in [-0.05, 0) is 20.5 Å². The molecule has 7 nitrogen and oxygen atoms in total. The molecule has 2 amide bonds. The molecule has 1 rings (SSSR count). The minimum atomic E-state index is -0.988. The van der Waals surface area contributed by atoms with E-state index in [1.165, 1.54) is 0 Å². The molecular weight excluding hydrogens is 280 g/mol. The lowest BCUT2D eigenvalue weighted by Crippen LogP contribution is -2.39. The van der Waals surface area contributed by atoms with Gasteiger partial charge >= 0.3 is 12.0 Å². The third kappa shape index (κ3) is 5.14. The van der Waals surface area contributed by atoms with Gasteiger partial charge in [-0.3, -0.25) is 0 Å². The molecule has 0 aromatic carbocycles. The van der Waals surface area contributed by atoms with Crippen molar-refractivity contribution in [1.29, 1.82) is 0 Å². The van der Waals surface area contributed by atoms with E-state index in [0.717, 1.165) is 24.4 Å². The van der Waals surface area contributed by atoms with Crippen molar-refractivity contribution in [3.05, 3.63) is 15.6 Å². The summed E-state index contributed by atoms with van der Waals surface area (Å²) in [6.45, 7) is 6.19. The van der Waals surface area contributed by atoms with Gasteiger partial charge in [0.15, 0.2) is 0 Å². The maximum Gasteiger partial charge on any atom is 0.347 e. The Kier molecular flexibility index (Phi) is 6.40. The van der Waals surface area contributed by atoms with E-state index in [2.05, 4.69) is 20.5 Å². The molecule has 0 spiro atoms. The van der Waals surface area contributed by atoms with Crippen LogP contribution in [0.15, 0.2) is 0 Å². The second-order valence-corrected chi connectivity index (χ2v) is 5.42. The Labute approximate surface area is 122 Å². The van der Waals surface area contributed by atoms with Gasteiger partial charge in [0.25, 0.3) is 0 Å². The van der Waals surface area contributed by atoms with Crippen molar-refractivity contribution in [2.75, 3.05) is 26.7 Å². The van der Waals surface area contributed by atoms with Crippen LogP contribution in [0.2, 0.25) is 0 Å². The summed E-state index contributed by atoms with van der Waals surface area (Å²) in [4.78, 5) is 28.8. The van der Waals surface area contributed by atoms with Gasteiger partial charge in [0.2, 0.25) is 0 Å². The molecule has 0 saturated heterocycles. The van der Waals surface area contributed by atoms with Crippen molar-refractivity contribution < 1.29 is 14.7 Å². The molecular formula is C12H20N4O3S. The largest absolute Gasteiger partial charge is 0.477 e. The molecule has 0 unspecified atom stereocenters. The van der Waals surface area contributed by atoms with Crippen LogP contribution in [0.4, 0.5) is 4.79 Å². The zero-order valence-corrected chi connectivity index (χ0v) is 12.7. The van der Waals surface area contributed by atoms with E-state index in [-0.39, 0.29) is 17.5 Å². The van der Waals surface area contributed by atoms with Crippen molar-refractivity contribution in [3.63, 3.8) is 0 Å². The van der Waals surface area contributed by atoms with Gasteiger partial charge in [-0.25, -0.2) is 14.6 Å². The first-order chi connectivity index (χ1) is 9.43. The molecule has 0 aliphatic rings. The Morgan fingerprint density at radius 2 is 2.10 bits per heavy atom. The van der Waals surface area contributed by atoms with Gasteiger partial charge in [0.1, 0.15) is 9.88 Å². The molecule has 8 heteroatoms. The number of carboxylic acids is 1. The van der Waals surface area contributed by atoms with Gasteiger partial charge < -0.3 is 20.6 Å². The molecule has 0 atom stereocenters. The van der Waals surface area contributed by atoms with Crippen molar-refractivity contribution in [1.82, 2.24) is 20.5 Å². The number of thiazole rings is 1. The molecule has 0 fully saturated rings. The number of carbonyl (C=O) groups is 2. The number of nitrogens with one attached hydrogen (secondary N) is 2. The van der Waals surface area contributed by atoms with Crippen molar-refractivity contribution in [2.45, 2.75) is 20.4 Å². The third-order valence-corrected chi connectivity index (χ3v) is 3.90. The van der Waals surface area contributed by atoms with Crippen LogP contribution < -0.4 is 10.6 Å². The summed E-state index contributed by atoms with van der Waals surface area (Å²) >= 11 is 1.08. The number of carbonyl (C=O) groups excluding carboxylic acids is 1. The third-order valence-electron chi connectivity index (χ3n) is 2.75. The van der Waals surface area contributed by atoms with Gasteiger partial charge in [-0.2, -0.15) is 0 Å². The number of aromatic nitrogens is 1. The fraction of sp³-hybridized carbons (Fsp3) is 0.583. The second-order valence-electron chi connectivity index (χ2n) is 4.33.